The third-order valence-electron chi connectivity index (χ3n) is 2.99. The lowest BCUT2D eigenvalue weighted by molar-refractivity contribution is 0.0697. The molecule has 0 spiro atoms. The first kappa shape index (κ1) is 14.8. The van der Waals surface area contributed by atoms with Crippen molar-refractivity contribution in [1.29, 1.82) is 0 Å². The van der Waals surface area contributed by atoms with Crippen molar-refractivity contribution in [1.82, 2.24) is 9.97 Å². The van der Waals surface area contributed by atoms with Crippen molar-refractivity contribution >= 4 is 17.0 Å². The van der Waals surface area contributed by atoms with Gasteiger partial charge in [-0.1, -0.05) is 44.2 Å². The molecule has 1 heterocycles. The van der Waals surface area contributed by atoms with Crippen LogP contribution in [0.15, 0.2) is 48.5 Å². The third-order valence-corrected chi connectivity index (χ3v) is 2.99. The molecular weight excluding hydrogens is 264 g/mol. The average Bonchev–Trinajstić information content (AvgIpc) is 2.91. The van der Waals surface area contributed by atoms with Crippen LogP contribution in [-0.4, -0.2) is 21.0 Å². The Morgan fingerprint density at radius 2 is 1.86 bits per heavy atom. The van der Waals surface area contributed by atoms with Crippen molar-refractivity contribution in [2.75, 3.05) is 0 Å². The predicted molar refractivity (Wildman–Crippen MR) is 83.6 cm³/mol. The monoisotopic (exact) mass is 282 g/mol. The number of carbonyl (C=O) groups is 1. The molecule has 1 aromatic heterocycles. The number of aromatic amines is 1. The van der Waals surface area contributed by atoms with Crippen molar-refractivity contribution in [2.24, 2.45) is 0 Å². The number of H-pyrrole nitrogens is 1. The molecular formula is C17H18N2O2. The van der Waals surface area contributed by atoms with E-state index in [2.05, 4.69) is 9.97 Å². The Morgan fingerprint density at radius 1 is 1.14 bits per heavy atom. The van der Waals surface area contributed by atoms with E-state index in [0.717, 1.165) is 16.9 Å². The Hall–Kier alpha value is -2.62. The van der Waals surface area contributed by atoms with Gasteiger partial charge in [-0.3, -0.25) is 0 Å². The summed E-state index contributed by atoms with van der Waals surface area (Å²) >= 11 is 0. The molecule has 3 rings (SSSR count). The van der Waals surface area contributed by atoms with Crippen LogP contribution in [0.5, 0.6) is 0 Å². The molecule has 108 valence electrons. The van der Waals surface area contributed by atoms with Crippen molar-refractivity contribution in [2.45, 2.75) is 20.3 Å². The topological polar surface area (TPSA) is 66.0 Å². The number of nitrogens with one attached hydrogen (secondary N) is 1. The van der Waals surface area contributed by atoms with Crippen molar-refractivity contribution in [3.05, 3.63) is 65.5 Å². The number of carboxylic acid groups (broad SMARTS) is 1. The molecule has 2 N–H and O–H groups in total. The summed E-state index contributed by atoms with van der Waals surface area (Å²) in [5, 5.41) is 8.95. The van der Waals surface area contributed by atoms with Gasteiger partial charge in [-0.05, 0) is 23.8 Å². The van der Waals surface area contributed by atoms with Crippen LogP contribution in [-0.2, 0) is 6.42 Å². The first-order chi connectivity index (χ1) is 10.2. The van der Waals surface area contributed by atoms with E-state index in [4.69, 9.17) is 5.11 Å². The minimum Gasteiger partial charge on any atom is -0.478 e. The summed E-state index contributed by atoms with van der Waals surface area (Å²) in [6.45, 7) is 4.00. The Bertz CT molecular complexity index is 733. The van der Waals surface area contributed by atoms with E-state index in [9.17, 15) is 4.79 Å². The lowest BCUT2D eigenvalue weighted by atomic mass is 10.1. The number of benzene rings is 2. The molecule has 0 unspecified atom stereocenters. The van der Waals surface area contributed by atoms with Crippen molar-refractivity contribution in [3.8, 4) is 0 Å². The Balaban J connectivity index is 0.000000774. The zero-order valence-corrected chi connectivity index (χ0v) is 12.1. The maximum absolute atomic E-state index is 10.9. The van der Waals surface area contributed by atoms with E-state index in [0.29, 0.717) is 6.42 Å². The highest BCUT2D eigenvalue weighted by Gasteiger charge is 2.07. The first-order valence-corrected chi connectivity index (χ1v) is 6.98. The van der Waals surface area contributed by atoms with Crippen LogP contribution in [0.2, 0.25) is 0 Å². The van der Waals surface area contributed by atoms with Gasteiger partial charge in [0.25, 0.3) is 0 Å². The van der Waals surface area contributed by atoms with Gasteiger partial charge in [-0.25, -0.2) is 9.78 Å². The molecule has 0 aliphatic rings. The minimum absolute atomic E-state index is 0.266. The van der Waals surface area contributed by atoms with Gasteiger partial charge < -0.3 is 10.1 Å². The molecule has 3 aromatic rings. The van der Waals surface area contributed by atoms with Crippen LogP contribution in [0.1, 0.15) is 35.6 Å². The molecule has 0 aliphatic carbocycles. The standard InChI is InChI=1S/C15H12N2O2.C2H6/c18-15(19)11-6-7-12-13(9-11)17-14(16-12)8-10-4-2-1-3-5-10;1-2/h1-7,9H,8H2,(H,16,17)(H,18,19);1-2H3. The molecule has 0 aliphatic heterocycles. The molecule has 0 saturated heterocycles. The summed E-state index contributed by atoms with van der Waals surface area (Å²) in [6.07, 6.45) is 0.706. The summed E-state index contributed by atoms with van der Waals surface area (Å²) < 4.78 is 0. The quantitative estimate of drug-likeness (QED) is 0.766. The Labute approximate surface area is 123 Å². The normalized spacial score (nSPS) is 10.0. The smallest absolute Gasteiger partial charge is 0.335 e. The zero-order chi connectivity index (χ0) is 15.2. The second-order valence-corrected chi connectivity index (χ2v) is 4.38. The first-order valence-electron chi connectivity index (χ1n) is 6.98. The zero-order valence-electron chi connectivity index (χ0n) is 12.1. The van der Waals surface area contributed by atoms with Crippen LogP contribution < -0.4 is 0 Å². The number of hydrogen-bond acceptors (Lipinski definition) is 2. The fourth-order valence-electron chi connectivity index (χ4n) is 2.07. The molecule has 21 heavy (non-hydrogen) atoms. The number of aromatic nitrogens is 2. The van der Waals surface area contributed by atoms with Gasteiger partial charge in [-0.15, -0.1) is 0 Å². The molecule has 0 atom stereocenters. The lowest BCUT2D eigenvalue weighted by Crippen LogP contribution is -1.94. The van der Waals surface area contributed by atoms with E-state index < -0.39 is 5.97 Å². The number of aromatic carboxylic acids is 1. The van der Waals surface area contributed by atoms with Gasteiger partial charge in [0, 0.05) is 6.42 Å². The van der Waals surface area contributed by atoms with Crippen molar-refractivity contribution < 1.29 is 9.90 Å². The van der Waals surface area contributed by atoms with Gasteiger partial charge in [0.1, 0.15) is 5.82 Å². The predicted octanol–water partition coefficient (Wildman–Crippen LogP) is 3.88. The van der Waals surface area contributed by atoms with E-state index in [1.807, 2.05) is 44.2 Å². The Kier molecular flexibility index (Phi) is 4.72. The molecule has 4 heteroatoms. The highest BCUT2D eigenvalue weighted by Crippen LogP contribution is 2.16. The van der Waals surface area contributed by atoms with Crippen molar-refractivity contribution in [3.63, 3.8) is 0 Å². The second-order valence-electron chi connectivity index (χ2n) is 4.38. The Morgan fingerprint density at radius 3 is 2.52 bits per heavy atom. The molecule has 2 aromatic carbocycles. The van der Waals surface area contributed by atoms with E-state index >= 15 is 0 Å². The number of fused-ring (bicyclic) bond motifs is 1. The van der Waals surface area contributed by atoms with E-state index in [1.54, 1.807) is 18.2 Å². The summed E-state index contributed by atoms with van der Waals surface area (Å²) in [5.41, 5.74) is 2.98. The van der Waals surface area contributed by atoms with E-state index in [1.165, 1.54) is 5.56 Å². The fraction of sp³-hybridized carbons (Fsp3) is 0.176. The minimum atomic E-state index is -0.930. The van der Waals surface area contributed by atoms with E-state index in [-0.39, 0.29) is 5.56 Å². The SMILES string of the molecule is CC.O=C(O)c1ccc2nc(Cc3ccccc3)[nH]c2c1. The maximum atomic E-state index is 10.9. The third kappa shape index (κ3) is 3.48. The molecule has 0 saturated carbocycles. The maximum Gasteiger partial charge on any atom is 0.335 e. The van der Waals surface area contributed by atoms with Gasteiger partial charge >= 0.3 is 5.97 Å². The number of hydrogen-bond donors (Lipinski definition) is 2. The number of nitrogens with zero attached hydrogens (tertiary/aromatic N) is 1. The molecule has 0 amide bonds. The molecule has 0 radical (unpaired) electrons. The summed E-state index contributed by atoms with van der Waals surface area (Å²) in [4.78, 5) is 18.5. The lowest BCUT2D eigenvalue weighted by Gasteiger charge is -1.96. The molecule has 4 nitrogen and oxygen atoms in total. The number of carboxylic acids is 1. The second kappa shape index (κ2) is 6.70. The summed E-state index contributed by atoms with van der Waals surface area (Å²) in [7, 11) is 0. The molecule has 0 fully saturated rings. The number of imidazole rings is 1. The van der Waals surface area contributed by atoms with Crippen LogP contribution in [0.3, 0.4) is 0 Å². The van der Waals surface area contributed by atoms with Crippen LogP contribution in [0, 0.1) is 0 Å². The fourth-order valence-corrected chi connectivity index (χ4v) is 2.07. The van der Waals surface area contributed by atoms with Gasteiger partial charge in [0.05, 0.1) is 16.6 Å². The largest absolute Gasteiger partial charge is 0.478 e. The molecule has 0 bridgehead atoms. The summed E-state index contributed by atoms with van der Waals surface area (Å²) in [5.74, 6) is -0.0927. The highest BCUT2D eigenvalue weighted by molar-refractivity contribution is 5.92. The van der Waals surface area contributed by atoms with Crippen LogP contribution in [0.4, 0.5) is 0 Å². The summed E-state index contributed by atoms with van der Waals surface area (Å²) in [6, 6.07) is 14.9. The highest BCUT2D eigenvalue weighted by atomic mass is 16.4. The van der Waals surface area contributed by atoms with Gasteiger partial charge in [0.15, 0.2) is 0 Å². The van der Waals surface area contributed by atoms with Gasteiger partial charge in [-0.2, -0.15) is 0 Å². The number of rotatable bonds is 3. The van der Waals surface area contributed by atoms with Gasteiger partial charge in [0.2, 0.25) is 0 Å². The van der Waals surface area contributed by atoms with Crippen LogP contribution in [0.25, 0.3) is 11.0 Å². The average molecular weight is 282 g/mol. The van der Waals surface area contributed by atoms with Crippen LogP contribution >= 0.6 is 0 Å².